The van der Waals surface area contributed by atoms with Gasteiger partial charge in [0.2, 0.25) is 0 Å². The minimum Gasteiger partial charge on any atom is -0.481 e. The van der Waals surface area contributed by atoms with Crippen molar-refractivity contribution in [1.29, 1.82) is 0 Å². The number of carboxylic acid groups (broad SMARTS) is 1. The second-order valence-electron chi connectivity index (χ2n) is 2.41. The standard InChI is InChI=1S/C7H11NO5.C2H4O2/c1-3-12-6(9)5(8-11)7(10)13-4-2;1-2(3)4/h11H,3-4H2,1-2H3;1H3,(H,3,4). The number of ether oxygens (including phenoxy) is 2. The van der Waals surface area contributed by atoms with Gasteiger partial charge in [0, 0.05) is 6.92 Å². The molecule has 0 spiro atoms. The fraction of sp³-hybridized carbons (Fsp3) is 0.556. The highest BCUT2D eigenvalue weighted by molar-refractivity contribution is 6.62. The lowest BCUT2D eigenvalue weighted by atomic mass is 10.4. The first-order valence-corrected chi connectivity index (χ1v) is 4.66. The van der Waals surface area contributed by atoms with Crippen LogP contribution in [0.1, 0.15) is 20.8 Å². The summed E-state index contributed by atoms with van der Waals surface area (Å²) in [5.41, 5.74) is -0.747. The fourth-order valence-corrected chi connectivity index (χ4v) is 0.564. The maximum atomic E-state index is 10.9. The van der Waals surface area contributed by atoms with Crippen molar-refractivity contribution in [1.82, 2.24) is 0 Å². The van der Waals surface area contributed by atoms with E-state index in [2.05, 4.69) is 14.6 Å². The fourth-order valence-electron chi connectivity index (χ4n) is 0.564. The molecule has 0 radical (unpaired) electrons. The van der Waals surface area contributed by atoms with Gasteiger partial charge in [-0.3, -0.25) is 4.79 Å². The predicted molar refractivity (Wildman–Crippen MR) is 55.8 cm³/mol. The minimum absolute atomic E-state index is 0.0945. The summed E-state index contributed by atoms with van der Waals surface area (Å²) in [5.74, 6) is -2.83. The third-order valence-corrected chi connectivity index (χ3v) is 1.04. The normalized spacial score (nSPS) is 8.18. The Hall–Kier alpha value is -2.12. The lowest BCUT2D eigenvalue weighted by Gasteiger charge is -2.02. The van der Waals surface area contributed by atoms with Crippen molar-refractivity contribution >= 4 is 23.6 Å². The van der Waals surface area contributed by atoms with Gasteiger partial charge in [-0.25, -0.2) is 9.59 Å². The Kier molecular flexibility index (Phi) is 10.6. The van der Waals surface area contributed by atoms with Crippen molar-refractivity contribution in [3.05, 3.63) is 0 Å². The number of aliphatic carboxylic acids is 1. The van der Waals surface area contributed by atoms with Crippen LogP contribution >= 0.6 is 0 Å². The monoisotopic (exact) mass is 249 g/mol. The van der Waals surface area contributed by atoms with E-state index in [0.29, 0.717) is 0 Å². The zero-order valence-corrected chi connectivity index (χ0v) is 9.80. The molecular formula is C9H15NO7. The highest BCUT2D eigenvalue weighted by atomic mass is 16.6. The third kappa shape index (κ3) is 10.2. The largest absolute Gasteiger partial charge is 0.481 e. The molecule has 0 amide bonds. The van der Waals surface area contributed by atoms with Gasteiger partial charge in [-0.1, -0.05) is 5.16 Å². The van der Waals surface area contributed by atoms with Gasteiger partial charge in [0.1, 0.15) is 0 Å². The van der Waals surface area contributed by atoms with Crippen molar-refractivity contribution in [3.63, 3.8) is 0 Å². The Morgan fingerprint density at radius 2 is 1.35 bits per heavy atom. The van der Waals surface area contributed by atoms with Crippen molar-refractivity contribution in [2.24, 2.45) is 5.16 Å². The molecule has 17 heavy (non-hydrogen) atoms. The maximum Gasteiger partial charge on any atom is 0.368 e. The van der Waals surface area contributed by atoms with E-state index in [0.717, 1.165) is 6.92 Å². The second-order valence-corrected chi connectivity index (χ2v) is 2.41. The van der Waals surface area contributed by atoms with Crippen LogP contribution in [-0.4, -0.2) is 47.1 Å². The lowest BCUT2D eigenvalue weighted by molar-refractivity contribution is -0.141. The molecule has 98 valence electrons. The summed E-state index contributed by atoms with van der Waals surface area (Å²) in [5, 5.41) is 18.2. The smallest absolute Gasteiger partial charge is 0.368 e. The molecule has 0 bridgehead atoms. The van der Waals surface area contributed by atoms with E-state index in [-0.39, 0.29) is 13.2 Å². The molecule has 8 heteroatoms. The molecule has 0 aromatic rings. The number of nitrogens with zero attached hydrogens (tertiary/aromatic N) is 1. The molecule has 8 nitrogen and oxygen atoms in total. The molecule has 0 atom stereocenters. The van der Waals surface area contributed by atoms with Crippen LogP contribution in [0.2, 0.25) is 0 Å². The quantitative estimate of drug-likeness (QED) is 0.237. The molecule has 0 fully saturated rings. The van der Waals surface area contributed by atoms with Gasteiger partial charge < -0.3 is 19.8 Å². The second kappa shape index (κ2) is 10.4. The van der Waals surface area contributed by atoms with Gasteiger partial charge in [-0.05, 0) is 13.8 Å². The molecule has 0 aliphatic rings. The summed E-state index contributed by atoms with van der Waals surface area (Å²) in [6, 6.07) is 0. The Morgan fingerprint density at radius 1 is 1.06 bits per heavy atom. The number of hydrogen-bond donors (Lipinski definition) is 2. The molecule has 0 saturated carbocycles. The number of oxime groups is 1. The zero-order chi connectivity index (χ0) is 13.8. The summed E-state index contributed by atoms with van der Waals surface area (Å²) in [4.78, 5) is 30.8. The van der Waals surface area contributed by atoms with Crippen molar-refractivity contribution in [2.75, 3.05) is 13.2 Å². The summed E-state index contributed by atoms with van der Waals surface area (Å²) < 4.78 is 8.86. The Labute approximate surface area is 97.8 Å². The number of carbonyl (C=O) groups excluding carboxylic acids is 2. The first kappa shape index (κ1) is 17.3. The maximum absolute atomic E-state index is 10.9. The van der Waals surface area contributed by atoms with Crippen LogP contribution in [0.25, 0.3) is 0 Å². The van der Waals surface area contributed by atoms with E-state index in [1.807, 2.05) is 0 Å². The molecule has 2 N–H and O–H groups in total. The van der Waals surface area contributed by atoms with Crippen molar-refractivity contribution < 1.29 is 34.2 Å². The number of esters is 2. The van der Waals surface area contributed by atoms with Crippen molar-refractivity contribution in [2.45, 2.75) is 20.8 Å². The van der Waals surface area contributed by atoms with Gasteiger partial charge in [-0.15, -0.1) is 0 Å². The molecule has 0 aromatic heterocycles. The highest BCUT2D eigenvalue weighted by Gasteiger charge is 2.23. The summed E-state index contributed by atoms with van der Waals surface area (Å²) >= 11 is 0. The van der Waals surface area contributed by atoms with E-state index < -0.39 is 23.6 Å². The van der Waals surface area contributed by atoms with E-state index in [9.17, 15) is 9.59 Å². The third-order valence-electron chi connectivity index (χ3n) is 1.04. The number of carboxylic acids is 1. The van der Waals surface area contributed by atoms with Crippen LogP contribution in [-0.2, 0) is 23.9 Å². The topological polar surface area (TPSA) is 122 Å². The minimum atomic E-state index is -0.997. The van der Waals surface area contributed by atoms with E-state index in [1.165, 1.54) is 0 Å². The van der Waals surface area contributed by atoms with Gasteiger partial charge in [0.25, 0.3) is 11.7 Å². The molecule has 0 unspecified atom stereocenters. The van der Waals surface area contributed by atoms with Gasteiger partial charge >= 0.3 is 11.9 Å². The van der Waals surface area contributed by atoms with Crippen molar-refractivity contribution in [3.8, 4) is 0 Å². The summed E-state index contributed by atoms with van der Waals surface area (Å²) in [6.07, 6.45) is 0. The number of hydrogen-bond acceptors (Lipinski definition) is 7. The first-order valence-electron chi connectivity index (χ1n) is 4.66. The molecule has 0 aromatic carbocycles. The predicted octanol–water partition coefficient (Wildman–Crippen LogP) is 0.0337. The SMILES string of the molecule is CC(=O)O.CCOC(=O)C(=NO)C(=O)OCC. The van der Waals surface area contributed by atoms with Crippen LogP contribution in [0.3, 0.4) is 0 Å². The number of rotatable bonds is 4. The van der Waals surface area contributed by atoms with Gasteiger partial charge in [-0.2, -0.15) is 0 Å². The van der Waals surface area contributed by atoms with Crippen LogP contribution in [0.4, 0.5) is 0 Å². The van der Waals surface area contributed by atoms with E-state index in [1.54, 1.807) is 13.8 Å². The summed E-state index contributed by atoms with van der Waals surface area (Å²) in [6.45, 7) is 4.41. The molecular weight excluding hydrogens is 234 g/mol. The molecule has 0 aliphatic heterocycles. The Balaban J connectivity index is 0. The van der Waals surface area contributed by atoms with Crippen LogP contribution < -0.4 is 0 Å². The van der Waals surface area contributed by atoms with E-state index >= 15 is 0 Å². The van der Waals surface area contributed by atoms with Crippen LogP contribution in [0, 0.1) is 0 Å². The average molecular weight is 249 g/mol. The highest BCUT2D eigenvalue weighted by Crippen LogP contribution is 1.89. The molecule has 0 aliphatic carbocycles. The number of carbonyl (C=O) groups is 3. The first-order chi connectivity index (χ1) is 7.90. The zero-order valence-electron chi connectivity index (χ0n) is 9.80. The average Bonchev–Trinajstić information content (AvgIpc) is 2.18. The van der Waals surface area contributed by atoms with E-state index in [4.69, 9.17) is 15.1 Å². The Bertz CT molecular complexity index is 274. The molecule has 0 heterocycles. The van der Waals surface area contributed by atoms with Gasteiger partial charge in [0.05, 0.1) is 13.2 Å². The summed E-state index contributed by atoms with van der Waals surface area (Å²) in [7, 11) is 0. The van der Waals surface area contributed by atoms with Gasteiger partial charge in [0.15, 0.2) is 0 Å². The van der Waals surface area contributed by atoms with Crippen LogP contribution in [0.5, 0.6) is 0 Å². The Morgan fingerprint density at radius 3 is 1.53 bits per heavy atom. The lowest BCUT2D eigenvalue weighted by Crippen LogP contribution is -2.28. The van der Waals surface area contributed by atoms with Crippen LogP contribution in [0.15, 0.2) is 5.16 Å². The molecule has 0 saturated heterocycles. The molecule has 0 rings (SSSR count).